The van der Waals surface area contributed by atoms with Gasteiger partial charge in [0, 0.05) is 11.8 Å². The van der Waals surface area contributed by atoms with E-state index in [-0.39, 0.29) is 11.5 Å². The van der Waals surface area contributed by atoms with E-state index >= 15 is 0 Å². The van der Waals surface area contributed by atoms with Gasteiger partial charge < -0.3 is 5.32 Å². The summed E-state index contributed by atoms with van der Waals surface area (Å²) in [6, 6.07) is 5.35. The van der Waals surface area contributed by atoms with Crippen LogP contribution in [0.4, 0.5) is 0 Å². The van der Waals surface area contributed by atoms with Crippen molar-refractivity contribution in [3.8, 4) is 0 Å². The second kappa shape index (κ2) is 7.07. The second-order valence-electron chi connectivity index (χ2n) is 5.54. The van der Waals surface area contributed by atoms with Crippen molar-refractivity contribution < 1.29 is 4.21 Å². The summed E-state index contributed by atoms with van der Waals surface area (Å²) in [6.07, 6.45) is 0. The molecule has 0 aliphatic carbocycles. The van der Waals surface area contributed by atoms with Gasteiger partial charge in [-0.3, -0.25) is 4.21 Å². The normalized spacial score (nSPS) is 15.3. The van der Waals surface area contributed by atoms with Crippen molar-refractivity contribution in [1.29, 1.82) is 0 Å². The van der Waals surface area contributed by atoms with Gasteiger partial charge in [-0.15, -0.1) is 0 Å². The molecule has 108 valence electrons. The molecule has 2 nitrogen and oxygen atoms in total. The zero-order valence-electron chi connectivity index (χ0n) is 11.8. The topological polar surface area (TPSA) is 29.1 Å². The average molecular weight is 322 g/mol. The van der Waals surface area contributed by atoms with Crippen molar-refractivity contribution in [3.05, 3.63) is 28.2 Å². The molecule has 0 spiro atoms. The fourth-order valence-electron chi connectivity index (χ4n) is 1.80. The van der Waals surface area contributed by atoms with Crippen LogP contribution in [0.25, 0.3) is 0 Å². The van der Waals surface area contributed by atoms with E-state index in [1.807, 2.05) is 6.92 Å². The zero-order chi connectivity index (χ0) is 14.6. The lowest BCUT2D eigenvalue weighted by Crippen LogP contribution is -2.44. The highest BCUT2D eigenvalue weighted by Crippen LogP contribution is 2.29. The number of benzene rings is 1. The minimum atomic E-state index is -1.21. The van der Waals surface area contributed by atoms with Crippen LogP contribution >= 0.6 is 23.2 Å². The van der Waals surface area contributed by atoms with Gasteiger partial charge in [0.15, 0.2) is 0 Å². The Bertz CT molecular complexity index is 437. The van der Waals surface area contributed by atoms with Crippen molar-refractivity contribution >= 4 is 34.0 Å². The molecule has 0 amide bonds. The molecule has 1 aromatic rings. The van der Waals surface area contributed by atoms with Crippen molar-refractivity contribution in [3.63, 3.8) is 0 Å². The Morgan fingerprint density at radius 2 is 1.79 bits per heavy atom. The molecule has 19 heavy (non-hydrogen) atoms. The summed E-state index contributed by atoms with van der Waals surface area (Å²) in [5.41, 5.74) is 0.0272. The fraction of sp³-hybridized carbons (Fsp3) is 0.571. The molecule has 0 bridgehead atoms. The van der Waals surface area contributed by atoms with Crippen LogP contribution in [0.1, 0.15) is 27.7 Å². The molecule has 1 N–H and O–H groups in total. The van der Waals surface area contributed by atoms with E-state index in [1.54, 1.807) is 18.2 Å². The number of rotatable bonds is 5. The standard InChI is InChI=1S/C14H21Cl2NOS/c1-5-17-12(14(2,3)4)9-19(18)13-10(15)7-6-8-11(13)16/h6-8,12,17H,5,9H2,1-4H3. The maximum absolute atomic E-state index is 12.5. The lowest BCUT2D eigenvalue weighted by molar-refractivity contribution is 0.294. The van der Waals surface area contributed by atoms with Crippen LogP contribution in [0, 0.1) is 5.41 Å². The molecule has 2 atom stereocenters. The first-order valence-corrected chi connectivity index (χ1v) is 8.40. The van der Waals surface area contributed by atoms with Crippen LogP contribution < -0.4 is 5.32 Å². The van der Waals surface area contributed by atoms with Gasteiger partial charge in [-0.05, 0) is 24.1 Å². The third-order valence-corrected chi connectivity index (χ3v) is 5.35. The van der Waals surface area contributed by atoms with Gasteiger partial charge in [0.25, 0.3) is 0 Å². The highest BCUT2D eigenvalue weighted by molar-refractivity contribution is 7.85. The average Bonchev–Trinajstić information content (AvgIpc) is 2.27. The maximum Gasteiger partial charge on any atom is 0.0760 e. The summed E-state index contributed by atoms with van der Waals surface area (Å²) in [6.45, 7) is 9.28. The third-order valence-electron chi connectivity index (χ3n) is 2.96. The molecule has 0 aliphatic heterocycles. The summed E-state index contributed by atoms with van der Waals surface area (Å²) in [5.74, 6) is 0.501. The minimum absolute atomic E-state index is 0.0272. The molecular formula is C14H21Cl2NOS. The number of hydrogen-bond acceptors (Lipinski definition) is 2. The van der Waals surface area contributed by atoms with E-state index in [1.165, 1.54) is 0 Å². The van der Waals surface area contributed by atoms with Crippen LogP contribution in [-0.4, -0.2) is 22.5 Å². The Hall–Kier alpha value is -0.0900. The number of nitrogens with one attached hydrogen (secondary N) is 1. The molecule has 0 saturated heterocycles. The molecule has 1 rings (SSSR count). The maximum atomic E-state index is 12.5. The van der Waals surface area contributed by atoms with Crippen molar-refractivity contribution in [2.45, 2.75) is 38.6 Å². The molecule has 0 aromatic heterocycles. The lowest BCUT2D eigenvalue weighted by Gasteiger charge is -2.31. The molecule has 0 heterocycles. The molecule has 5 heteroatoms. The van der Waals surface area contributed by atoms with Crippen LogP contribution in [-0.2, 0) is 10.8 Å². The molecule has 0 radical (unpaired) electrons. The predicted molar refractivity (Wildman–Crippen MR) is 84.7 cm³/mol. The van der Waals surface area contributed by atoms with Crippen LogP contribution in [0.2, 0.25) is 10.0 Å². The SMILES string of the molecule is CCNC(CS(=O)c1c(Cl)cccc1Cl)C(C)(C)C. The summed E-state index contributed by atoms with van der Waals surface area (Å²) in [5, 5.41) is 4.32. The first kappa shape index (κ1) is 17.0. The Labute approximate surface area is 128 Å². The summed E-state index contributed by atoms with van der Waals surface area (Å²) in [7, 11) is -1.21. The second-order valence-corrected chi connectivity index (χ2v) is 7.79. The first-order chi connectivity index (χ1) is 8.77. The van der Waals surface area contributed by atoms with Gasteiger partial charge >= 0.3 is 0 Å². The number of hydrogen-bond donors (Lipinski definition) is 1. The van der Waals surface area contributed by atoms with Crippen molar-refractivity contribution in [2.24, 2.45) is 5.41 Å². The van der Waals surface area contributed by atoms with Gasteiger partial charge in [0.2, 0.25) is 0 Å². The van der Waals surface area contributed by atoms with E-state index in [0.29, 0.717) is 20.7 Å². The summed E-state index contributed by atoms with van der Waals surface area (Å²) in [4.78, 5) is 0.540. The lowest BCUT2D eigenvalue weighted by atomic mass is 9.88. The molecule has 2 unspecified atom stereocenters. The Morgan fingerprint density at radius 1 is 1.26 bits per heavy atom. The Morgan fingerprint density at radius 3 is 2.21 bits per heavy atom. The highest BCUT2D eigenvalue weighted by Gasteiger charge is 2.27. The summed E-state index contributed by atoms with van der Waals surface area (Å²) < 4.78 is 12.5. The van der Waals surface area contributed by atoms with Crippen molar-refractivity contribution in [2.75, 3.05) is 12.3 Å². The fourth-order valence-corrected chi connectivity index (χ4v) is 4.37. The van der Waals surface area contributed by atoms with Crippen LogP contribution in [0.15, 0.2) is 23.1 Å². The summed E-state index contributed by atoms with van der Waals surface area (Å²) >= 11 is 12.2. The Balaban J connectivity index is 2.95. The molecule has 1 aromatic carbocycles. The quantitative estimate of drug-likeness (QED) is 0.883. The largest absolute Gasteiger partial charge is 0.313 e. The highest BCUT2D eigenvalue weighted by atomic mass is 35.5. The van der Waals surface area contributed by atoms with Gasteiger partial charge in [0.1, 0.15) is 0 Å². The number of halogens is 2. The van der Waals surface area contributed by atoms with Gasteiger partial charge in [-0.2, -0.15) is 0 Å². The smallest absolute Gasteiger partial charge is 0.0760 e. The first-order valence-electron chi connectivity index (χ1n) is 6.33. The van der Waals surface area contributed by atoms with E-state index in [4.69, 9.17) is 23.2 Å². The molecule has 0 fully saturated rings. The predicted octanol–water partition coefficient (Wildman–Crippen LogP) is 4.13. The monoisotopic (exact) mass is 321 g/mol. The van der Waals surface area contributed by atoms with Gasteiger partial charge in [-0.25, -0.2) is 0 Å². The van der Waals surface area contributed by atoms with E-state index in [0.717, 1.165) is 6.54 Å². The van der Waals surface area contributed by atoms with Gasteiger partial charge in [-0.1, -0.05) is 57.0 Å². The molecule has 0 aliphatic rings. The van der Waals surface area contributed by atoms with Crippen LogP contribution in [0.3, 0.4) is 0 Å². The Kier molecular flexibility index (Phi) is 6.31. The van der Waals surface area contributed by atoms with E-state index < -0.39 is 10.8 Å². The van der Waals surface area contributed by atoms with E-state index in [2.05, 4.69) is 26.1 Å². The molecular weight excluding hydrogens is 301 g/mol. The van der Waals surface area contributed by atoms with E-state index in [9.17, 15) is 4.21 Å². The third kappa shape index (κ3) is 4.75. The van der Waals surface area contributed by atoms with Crippen molar-refractivity contribution in [1.82, 2.24) is 5.32 Å². The zero-order valence-corrected chi connectivity index (χ0v) is 14.1. The van der Waals surface area contributed by atoms with Gasteiger partial charge in [0.05, 0.1) is 25.7 Å². The molecule has 0 saturated carbocycles. The van der Waals surface area contributed by atoms with Crippen LogP contribution in [0.5, 0.6) is 0 Å². The minimum Gasteiger partial charge on any atom is -0.313 e.